The molecular formula is C13H12ClNOS. The summed E-state index contributed by atoms with van der Waals surface area (Å²) in [6.45, 7) is 3.82. The molecule has 1 heterocycles. The first-order chi connectivity index (χ1) is 7.99. The number of rotatable bonds is 2. The highest BCUT2D eigenvalue weighted by molar-refractivity contribution is 7.18. The summed E-state index contributed by atoms with van der Waals surface area (Å²) in [5, 5.41) is 0. The van der Waals surface area contributed by atoms with Gasteiger partial charge >= 0.3 is 0 Å². The average molecular weight is 266 g/mol. The predicted molar refractivity (Wildman–Crippen MR) is 73.1 cm³/mol. The molecule has 0 aliphatic heterocycles. The van der Waals surface area contributed by atoms with E-state index < -0.39 is 0 Å². The summed E-state index contributed by atoms with van der Waals surface area (Å²) in [6, 6.07) is 7.25. The lowest BCUT2D eigenvalue weighted by Crippen LogP contribution is -2.03. The molecule has 0 unspecified atom stereocenters. The van der Waals surface area contributed by atoms with Crippen molar-refractivity contribution in [3.05, 3.63) is 50.2 Å². The molecule has 0 atom stereocenters. The van der Waals surface area contributed by atoms with Crippen LogP contribution in [0.1, 0.15) is 26.4 Å². The fraction of sp³-hybridized carbons (Fsp3) is 0.154. The van der Waals surface area contributed by atoms with Crippen molar-refractivity contribution in [2.75, 3.05) is 5.73 Å². The van der Waals surface area contributed by atoms with Gasteiger partial charge in [0.05, 0.1) is 9.21 Å². The smallest absolute Gasteiger partial charge is 0.205 e. The second kappa shape index (κ2) is 4.51. The molecule has 0 bridgehead atoms. The largest absolute Gasteiger partial charge is 0.398 e. The molecule has 88 valence electrons. The van der Waals surface area contributed by atoms with Crippen molar-refractivity contribution in [2.45, 2.75) is 13.8 Å². The summed E-state index contributed by atoms with van der Waals surface area (Å²) >= 11 is 7.26. The van der Waals surface area contributed by atoms with Crippen LogP contribution >= 0.6 is 22.9 Å². The second-order valence-electron chi connectivity index (χ2n) is 3.99. The highest BCUT2D eigenvalue weighted by Gasteiger charge is 2.16. The van der Waals surface area contributed by atoms with Crippen molar-refractivity contribution in [3.63, 3.8) is 0 Å². The van der Waals surface area contributed by atoms with Gasteiger partial charge in [-0.1, -0.05) is 23.2 Å². The zero-order valence-corrected chi connectivity index (χ0v) is 11.2. The summed E-state index contributed by atoms with van der Waals surface area (Å²) in [5.74, 6) is -0.0637. The number of nitrogen functional groups attached to an aromatic ring is 1. The fourth-order valence-corrected chi connectivity index (χ4v) is 2.73. The Hall–Kier alpha value is -1.32. The maximum Gasteiger partial charge on any atom is 0.205 e. The normalized spacial score (nSPS) is 10.5. The van der Waals surface area contributed by atoms with Crippen LogP contribution in [0, 0.1) is 13.8 Å². The Balaban J connectivity index is 2.47. The first-order valence-electron chi connectivity index (χ1n) is 5.16. The number of carbonyl (C=O) groups is 1. The van der Waals surface area contributed by atoms with E-state index in [-0.39, 0.29) is 5.78 Å². The van der Waals surface area contributed by atoms with Gasteiger partial charge in [-0.15, -0.1) is 11.3 Å². The summed E-state index contributed by atoms with van der Waals surface area (Å²) in [4.78, 5) is 12.9. The predicted octanol–water partition coefficient (Wildman–Crippen LogP) is 3.83. The molecule has 4 heteroatoms. The van der Waals surface area contributed by atoms with Gasteiger partial charge in [0.15, 0.2) is 0 Å². The highest BCUT2D eigenvalue weighted by Crippen LogP contribution is 2.29. The Morgan fingerprint density at radius 3 is 2.59 bits per heavy atom. The van der Waals surface area contributed by atoms with Gasteiger partial charge in [-0.3, -0.25) is 4.79 Å². The van der Waals surface area contributed by atoms with Crippen molar-refractivity contribution in [2.24, 2.45) is 0 Å². The molecule has 0 saturated heterocycles. The molecule has 0 saturated carbocycles. The van der Waals surface area contributed by atoms with Crippen LogP contribution in [-0.4, -0.2) is 5.78 Å². The van der Waals surface area contributed by atoms with Gasteiger partial charge in [0.2, 0.25) is 5.78 Å². The van der Waals surface area contributed by atoms with Crippen molar-refractivity contribution in [1.29, 1.82) is 0 Å². The number of ketones is 1. The Labute approximate surface area is 109 Å². The van der Waals surface area contributed by atoms with Gasteiger partial charge < -0.3 is 5.73 Å². The number of nitrogens with two attached hydrogens (primary N) is 1. The van der Waals surface area contributed by atoms with E-state index in [4.69, 9.17) is 17.3 Å². The quantitative estimate of drug-likeness (QED) is 0.662. The Morgan fingerprint density at radius 1 is 1.29 bits per heavy atom. The number of anilines is 1. The lowest BCUT2D eigenvalue weighted by molar-refractivity contribution is 0.104. The molecule has 17 heavy (non-hydrogen) atoms. The fourth-order valence-electron chi connectivity index (χ4n) is 1.57. The van der Waals surface area contributed by atoms with Gasteiger partial charge in [-0.25, -0.2) is 0 Å². The van der Waals surface area contributed by atoms with Gasteiger partial charge in [0, 0.05) is 11.3 Å². The minimum Gasteiger partial charge on any atom is -0.398 e. The van der Waals surface area contributed by atoms with E-state index in [0.29, 0.717) is 20.5 Å². The first kappa shape index (κ1) is 12.1. The molecule has 0 aliphatic carbocycles. The minimum absolute atomic E-state index is 0.0637. The van der Waals surface area contributed by atoms with Gasteiger partial charge in [0.1, 0.15) is 0 Å². The molecule has 1 aromatic heterocycles. The Kier molecular flexibility index (Phi) is 3.22. The van der Waals surface area contributed by atoms with E-state index >= 15 is 0 Å². The van der Waals surface area contributed by atoms with Crippen LogP contribution < -0.4 is 5.73 Å². The molecular weight excluding hydrogens is 254 g/mol. The SMILES string of the molecule is Cc1ccc(N)c(C(=O)c2cc(C)c(Cl)s2)c1. The van der Waals surface area contributed by atoms with E-state index in [0.717, 1.165) is 11.1 Å². The summed E-state index contributed by atoms with van der Waals surface area (Å²) in [5.41, 5.74) is 8.81. The maximum atomic E-state index is 12.3. The van der Waals surface area contributed by atoms with Crippen LogP contribution in [0.4, 0.5) is 5.69 Å². The number of hydrogen-bond acceptors (Lipinski definition) is 3. The third-order valence-corrected chi connectivity index (χ3v) is 4.09. The molecule has 1 aromatic carbocycles. The molecule has 0 amide bonds. The van der Waals surface area contributed by atoms with Gasteiger partial charge in [0.25, 0.3) is 0 Å². The molecule has 2 aromatic rings. The van der Waals surface area contributed by atoms with Gasteiger partial charge in [-0.2, -0.15) is 0 Å². The molecule has 0 spiro atoms. The van der Waals surface area contributed by atoms with Crippen LogP contribution in [-0.2, 0) is 0 Å². The first-order valence-corrected chi connectivity index (χ1v) is 6.35. The minimum atomic E-state index is -0.0637. The molecule has 2 rings (SSSR count). The van der Waals surface area contributed by atoms with Gasteiger partial charge in [-0.05, 0) is 37.6 Å². The molecule has 2 N–H and O–H groups in total. The molecule has 0 radical (unpaired) electrons. The Morgan fingerprint density at radius 2 is 2.00 bits per heavy atom. The third kappa shape index (κ3) is 2.35. The number of benzene rings is 1. The van der Waals surface area contributed by atoms with Crippen LogP contribution in [0.2, 0.25) is 4.34 Å². The number of carbonyl (C=O) groups excluding carboxylic acids is 1. The lowest BCUT2D eigenvalue weighted by atomic mass is 10.0. The number of halogens is 1. The zero-order chi connectivity index (χ0) is 12.6. The highest BCUT2D eigenvalue weighted by atomic mass is 35.5. The van der Waals surface area contributed by atoms with Crippen LogP contribution in [0.3, 0.4) is 0 Å². The summed E-state index contributed by atoms with van der Waals surface area (Å²) in [7, 11) is 0. The topological polar surface area (TPSA) is 43.1 Å². The van der Waals surface area contributed by atoms with E-state index in [9.17, 15) is 4.79 Å². The number of thiophene rings is 1. The van der Waals surface area contributed by atoms with E-state index in [1.54, 1.807) is 18.2 Å². The third-order valence-electron chi connectivity index (χ3n) is 2.53. The van der Waals surface area contributed by atoms with Crippen molar-refractivity contribution >= 4 is 34.4 Å². The molecule has 2 nitrogen and oxygen atoms in total. The van der Waals surface area contributed by atoms with Crippen LogP contribution in [0.5, 0.6) is 0 Å². The average Bonchev–Trinajstić information content (AvgIpc) is 2.62. The van der Waals surface area contributed by atoms with Crippen LogP contribution in [0.25, 0.3) is 0 Å². The maximum absolute atomic E-state index is 12.3. The van der Waals surface area contributed by atoms with Crippen LogP contribution in [0.15, 0.2) is 24.3 Å². The second-order valence-corrected chi connectivity index (χ2v) is 5.64. The molecule has 0 aliphatic rings. The molecule has 0 fully saturated rings. The number of aryl methyl sites for hydroxylation is 2. The zero-order valence-electron chi connectivity index (χ0n) is 9.58. The van der Waals surface area contributed by atoms with Crippen molar-refractivity contribution in [1.82, 2.24) is 0 Å². The monoisotopic (exact) mass is 265 g/mol. The lowest BCUT2D eigenvalue weighted by Gasteiger charge is -2.04. The number of hydrogen-bond donors (Lipinski definition) is 1. The van der Waals surface area contributed by atoms with Crippen molar-refractivity contribution < 1.29 is 4.79 Å². The van der Waals surface area contributed by atoms with Crippen molar-refractivity contribution in [3.8, 4) is 0 Å². The summed E-state index contributed by atoms with van der Waals surface area (Å²) < 4.78 is 0.652. The van der Waals surface area contributed by atoms with E-state index in [2.05, 4.69) is 0 Å². The van der Waals surface area contributed by atoms with E-state index in [1.807, 2.05) is 19.9 Å². The summed E-state index contributed by atoms with van der Waals surface area (Å²) in [6.07, 6.45) is 0. The Bertz CT molecular complexity index is 570. The van der Waals surface area contributed by atoms with E-state index in [1.165, 1.54) is 11.3 Å². The standard InChI is InChI=1S/C13H12ClNOS/c1-7-3-4-10(15)9(5-7)12(16)11-6-8(2)13(14)17-11/h3-6H,15H2,1-2H3.